The predicted octanol–water partition coefficient (Wildman–Crippen LogP) is 4.36. The normalized spacial score (nSPS) is 17.0. The molecular formula is C19H25N3O2S. The van der Waals surface area contributed by atoms with E-state index in [0.29, 0.717) is 17.2 Å². The van der Waals surface area contributed by atoms with E-state index in [1.807, 2.05) is 38.1 Å². The van der Waals surface area contributed by atoms with Crippen LogP contribution in [-0.4, -0.2) is 27.4 Å². The lowest BCUT2D eigenvalue weighted by atomic mass is 10.1. The summed E-state index contributed by atoms with van der Waals surface area (Å²) in [6.07, 6.45) is 7.13. The largest absolute Gasteiger partial charge is 0.411 e. The monoisotopic (exact) mass is 359 g/mol. The molecule has 1 aliphatic carbocycles. The van der Waals surface area contributed by atoms with Crippen molar-refractivity contribution in [3.63, 3.8) is 0 Å². The van der Waals surface area contributed by atoms with Gasteiger partial charge in [0, 0.05) is 11.6 Å². The molecule has 1 fully saturated rings. The van der Waals surface area contributed by atoms with Crippen molar-refractivity contribution in [1.29, 1.82) is 0 Å². The second-order valence-electron chi connectivity index (χ2n) is 6.70. The van der Waals surface area contributed by atoms with Gasteiger partial charge in [0.25, 0.3) is 5.22 Å². The van der Waals surface area contributed by atoms with E-state index >= 15 is 0 Å². The van der Waals surface area contributed by atoms with Crippen molar-refractivity contribution < 1.29 is 9.21 Å². The highest BCUT2D eigenvalue weighted by Crippen LogP contribution is 2.27. The summed E-state index contributed by atoms with van der Waals surface area (Å²) in [5.74, 6) is 0.533. The summed E-state index contributed by atoms with van der Waals surface area (Å²) in [6.45, 7) is 3.92. The number of aromatic nitrogens is 2. The van der Waals surface area contributed by atoms with E-state index in [4.69, 9.17) is 4.42 Å². The topological polar surface area (TPSA) is 68.0 Å². The molecular weight excluding hydrogens is 334 g/mol. The second kappa shape index (κ2) is 8.52. The van der Waals surface area contributed by atoms with Crippen molar-refractivity contribution in [1.82, 2.24) is 15.5 Å². The van der Waals surface area contributed by atoms with Crippen LogP contribution < -0.4 is 5.32 Å². The Morgan fingerprint density at radius 1 is 1.16 bits per heavy atom. The van der Waals surface area contributed by atoms with E-state index in [1.165, 1.54) is 43.0 Å². The third-order valence-electron chi connectivity index (χ3n) is 4.55. The number of nitrogens with one attached hydrogen (secondary N) is 1. The van der Waals surface area contributed by atoms with Gasteiger partial charge in [-0.1, -0.05) is 55.1 Å². The van der Waals surface area contributed by atoms with Crippen LogP contribution in [0.4, 0.5) is 0 Å². The molecule has 0 spiro atoms. The van der Waals surface area contributed by atoms with E-state index in [1.54, 1.807) is 0 Å². The van der Waals surface area contributed by atoms with Crippen molar-refractivity contribution in [3.8, 4) is 11.5 Å². The van der Waals surface area contributed by atoms with Crippen molar-refractivity contribution in [2.24, 2.45) is 0 Å². The summed E-state index contributed by atoms with van der Waals surface area (Å²) in [5.41, 5.74) is 2.07. The van der Waals surface area contributed by atoms with Gasteiger partial charge in [-0.3, -0.25) is 4.79 Å². The fraction of sp³-hybridized carbons (Fsp3) is 0.526. The number of nitrogens with zero attached hydrogens (tertiary/aromatic N) is 2. The Kier molecular flexibility index (Phi) is 6.13. The molecule has 1 aliphatic rings. The third-order valence-corrected chi connectivity index (χ3v) is 5.49. The lowest BCUT2D eigenvalue weighted by Gasteiger charge is -2.18. The highest BCUT2D eigenvalue weighted by molar-refractivity contribution is 8.00. The maximum absolute atomic E-state index is 12.4. The first-order valence-electron chi connectivity index (χ1n) is 8.99. The molecule has 0 aliphatic heterocycles. The van der Waals surface area contributed by atoms with Gasteiger partial charge < -0.3 is 9.73 Å². The van der Waals surface area contributed by atoms with Crippen molar-refractivity contribution in [3.05, 3.63) is 29.8 Å². The Bertz CT molecular complexity index is 691. The molecule has 1 heterocycles. The fourth-order valence-electron chi connectivity index (χ4n) is 3.02. The first kappa shape index (κ1) is 18.0. The average Bonchev–Trinajstić information content (AvgIpc) is 2.91. The molecule has 0 saturated heterocycles. The van der Waals surface area contributed by atoms with E-state index in [0.717, 1.165) is 18.4 Å². The first-order chi connectivity index (χ1) is 12.1. The maximum Gasteiger partial charge on any atom is 0.277 e. The highest BCUT2D eigenvalue weighted by Gasteiger charge is 2.22. The fourth-order valence-corrected chi connectivity index (χ4v) is 3.71. The number of hydrogen-bond acceptors (Lipinski definition) is 5. The highest BCUT2D eigenvalue weighted by atomic mass is 32.2. The molecule has 0 unspecified atom stereocenters. The van der Waals surface area contributed by atoms with E-state index < -0.39 is 0 Å². The van der Waals surface area contributed by atoms with Gasteiger partial charge >= 0.3 is 0 Å². The number of thioether (sulfide) groups is 1. The molecule has 0 bridgehead atoms. The Morgan fingerprint density at radius 3 is 2.52 bits per heavy atom. The number of carbonyl (C=O) groups is 1. The number of benzene rings is 1. The zero-order chi connectivity index (χ0) is 17.6. The maximum atomic E-state index is 12.4. The van der Waals surface area contributed by atoms with E-state index in [9.17, 15) is 4.79 Å². The minimum Gasteiger partial charge on any atom is -0.411 e. The average molecular weight is 359 g/mol. The van der Waals surface area contributed by atoms with Crippen LogP contribution in [0.2, 0.25) is 0 Å². The first-order valence-corrected chi connectivity index (χ1v) is 9.87. The summed E-state index contributed by atoms with van der Waals surface area (Å²) < 4.78 is 5.70. The summed E-state index contributed by atoms with van der Waals surface area (Å²) >= 11 is 1.31. The van der Waals surface area contributed by atoms with Crippen LogP contribution in [0.3, 0.4) is 0 Å². The van der Waals surface area contributed by atoms with Gasteiger partial charge in [-0.05, 0) is 38.8 Å². The molecule has 0 radical (unpaired) electrons. The van der Waals surface area contributed by atoms with Crippen LogP contribution in [0.25, 0.3) is 11.5 Å². The van der Waals surface area contributed by atoms with Crippen LogP contribution in [0.15, 0.2) is 33.9 Å². The third kappa shape index (κ3) is 5.08. The van der Waals surface area contributed by atoms with E-state index in [-0.39, 0.29) is 11.2 Å². The Labute approximate surface area is 153 Å². The van der Waals surface area contributed by atoms with Crippen molar-refractivity contribution in [2.45, 2.75) is 68.9 Å². The van der Waals surface area contributed by atoms with Gasteiger partial charge in [-0.25, -0.2) is 0 Å². The molecule has 2 aromatic rings. The van der Waals surface area contributed by atoms with Crippen molar-refractivity contribution in [2.75, 3.05) is 0 Å². The van der Waals surface area contributed by atoms with Gasteiger partial charge in [0.1, 0.15) is 0 Å². The SMILES string of the molecule is Cc1ccc(-c2nnc(S[C@H](C)C(=O)NC3CCCCCC3)o2)cc1. The van der Waals surface area contributed by atoms with Crippen molar-refractivity contribution >= 4 is 17.7 Å². The molecule has 6 heteroatoms. The van der Waals surface area contributed by atoms with E-state index in [2.05, 4.69) is 15.5 Å². The number of amides is 1. The van der Waals surface area contributed by atoms with Crippen LogP contribution in [-0.2, 0) is 4.79 Å². The number of aryl methyl sites for hydroxylation is 1. The molecule has 1 N–H and O–H groups in total. The number of rotatable bonds is 5. The van der Waals surface area contributed by atoms with Crippen LogP contribution in [0.1, 0.15) is 51.0 Å². The molecule has 134 valence electrons. The molecule has 1 atom stereocenters. The molecule has 5 nitrogen and oxygen atoms in total. The molecule has 1 amide bonds. The molecule has 3 rings (SSSR count). The minimum absolute atomic E-state index is 0.0481. The number of hydrogen-bond donors (Lipinski definition) is 1. The summed E-state index contributed by atoms with van der Waals surface area (Å²) in [6, 6.07) is 8.24. The lowest BCUT2D eigenvalue weighted by molar-refractivity contribution is -0.121. The molecule has 1 saturated carbocycles. The van der Waals surface area contributed by atoms with Gasteiger partial charge in [0.05, 0.1) is 5.25 Å². The zero-order valence-electron chi connectivity index (χ0n) is 14.8. The predicted molar refractivity (Wildman–Crippen MR) is 99.4 cm³/mol. The van der Waals surface area contributed by atoms with Gasteiger partial charge in [0.15, 0.2) is 0 Å². The molecule has 1 aromatic carbocycles. The smallest absolute Gasteiger partial charge is 0.277 e. The van der Waals surface area contributed by atoms with Gasteiger partial charge in [-0.15, -0.1) is 10.2 Å². The Morgan fingerprint density at radius 2 is 1.84 bits per heavy atom. The van der Waals surface area contributed by atoms with Crippen LogP contribution >= 0.6 is 11.8 Å². The minimum atomic E-state index is -0.255. The Balaban J connectivity index is 1.56. The van der Waals surface area contributed by atoms with Crippen LogP contribution in [0, 0.1) is 6.92 Å². The van der Waals surface area contributed by atoms with Crippen LogP contribution in [0.5, 0.6) is 0 Å². The summed E-state index contributed by atoms with van der Waals surface area (Å²) in [5, 5.41) is 11.5. The molecule has 1 aromatic heterocycles. The summed E-state index contributed by atoms with van der Waals surface area (Å²) in [7, 11) is 0. The zero-order valence-corrected chi connectivity index (χ0v) is 15.6. The molecule has 25 heavy (non-hydrogen) atoms. The summed E-state index contributed by atoms with van der Waals surface area (Å²) in [4.78, 5) is 12.4. The quantitative estimate of drug-likeness (QED) is 0.634. The second-order valence-corrected chi connectivity index (χ2v) is 7.99. The van der Waals surface area contributed by atoms with Gasteiger partial charge in [0.2, 0.25) is 11.8 Å². The lowest BCUT2D eigenvalue weighted by Crippen LogP contribution is -2.39. The standard InChI is InChI=1S/C19H25N3O2S/c1-13-9-11-15(12-10-13)18-21-22-19(24-18)25-14(2)17(23)20-16-7-5-3-4-6-8-16/h9-12,14,16H,3-8H2,1-2H3,(H,20,23)/t14-/m1/s1. The number of carbonyl (C=O) groups excluding carboxylic acids is 1. The Hall–Kier alpha value is -1.82. The van der Waals surface area contributed by atoms with Gasteiger partial charge in [-0.2, -0.15) is 0 Å².